The van der Waals surface area contributed by atoms with E-state index in [1.165, 1.54) is 19.9 Å². The van der Waals surface area contributed by atoms with Crippen LogP contribution in [-0.4, -0.2) is 60.4 Å². The Morgan fingerprint density at radius 3 is 2.00 bits per heavy atom. The summed E-state index contributed by atoms with van der Waals surface area (Å²) in [6.07, 6.45) is -1.72. The average molecular weight is 589 g/mol. The number of Topliss-reactive ketones (excluding diaryl/α,β-unsaturated/α-hetero) is 4. The van der Waals surface area contributed by atoms with Crippen molar-refractivity contribution >= 4 is 23.1 Å². The first-order valence-electron chi connectivity index (χ1n) is 14.2. The van der Waals surface area contributed by atoms with Crippen LogP contribution in [0, 0.1) is 22.7 Å². The lowest BCUT2D eigenvalue weighted by molar-refractivity contribution is -0.211. The Morgan fingerprint density at radius 2 is 1.49 bits per heavy atom. The summed E-state index contributed by atoms with van der Waals surface area (Å²) < 4.78 is 0. The molecule has 0 radical (unpaired) electrons. The number of aliphatic hydroxyl groups is 4. The van der Waals surface area contributed by atoms with Crippen LogP contribution >= 0.6 is 0 Å². The lowest BCUT2D eigenvalue weighted by atomic mass is 9.41. The molecule has 5 rings (SSSR count). The third-order valence-electron chi connectivity index (χ3n) is 10.4. The number of fused-ring (bicyclic) bond motifs is 3. The molecule has 5 N–H and O–H groups in total. The molecule has 0 heterocycles. The number of phenols is 1. The molecule has 2 aromatic carbocycles. The molecule has 9 heteroatoms. The zero-order valence-corrected chi connectivity index (χ0v) is 25.1. The van der Waals surface area contributed by atoms with Crippen molar-refractivity contribution in [3.05, 3.63) is 75.8 Å². The zero-order valence-electron chi connectivity index (χ0n) is 25.1. The zero-order chi connectivity index (χ0) is 32.1. The van der Waals surface area contributed by atoms with E-state index in [1.54, 1.807) is 58.0 Å². The molecule has 0 saturated carbocycles. The van der Waals surface area contributed by atoms with Gasteiger partial charge in [-0.15, -0.1) is 0 Å². The Hall–Kier alpha value is -4.08. The molecular weight excluding hydrogens is 552 g/mol. The second-order valence-electron chi connectivity index (χ2n) is 12.9. The van der Waals surface area contributed by atoms with Gasteiger partial charge in [-0.3, -0.25) is 19.2 Å². The first kappa shape index (κ1) is 30.4. The topological polar surface area (TPSA) is 169 Å². The van der Waals surface area contributed by atoms with Gasteiger partial charge < -0.3 is 25.5 Å². The summed E-state index contributed by atoms with van der Waals surface area (Å²) >= 11 is 0. The third kappa shape index (κ3) is 3.52. The quantitative estimate of drug-likeness (QED) is 0.250. The van der Waals surface area contributed by atoms with Crippen molar-refractivity contribution in [2.45, 2.75) is 66.1 Å². The summed E-state index contributed by atoms with van der Waals surface area (Å²) in [6.45, 7) is 10.5. The lowest BCUT2D eigenvalue weighted by Crippen LogP contribution is -2.73. The maximum Gasteiger partial charge on any atom is 0.209 e. The Morgan fingerprint density at radius 1 is 0.907 bits per heavy atom. The van der Waals surface area contributed by atoms with Crippen molar-refractivity contribution in [1.29, 1.82) is 0 Å². The molecule has 0 aliphatic heterocycles. The smallest absolute Gasteiger partial charge is 0.209 e. The maximum absolute atomic E-state index is 14.3. The molecule has 0 aromatic heterocycles. The van der Waals surface area contributed by atoms with Gasteiger partial charge in [0.2, 0.25) is 5.78 Å². The van der Waals surface area contributed by atoms with Crippen LogP contribution in [0.15, 0.2) is 59.1 Å². The van der Waals surface area contributed by atoms with Crippen molar-refractivity contribution in [2.75, 3.05) is 0 Å². The second kappa shape index (κ2) is 9.46. The summed E-state index contributed by atoms with van der Waals surface area (Å²) in [7, 11) is 0. The average Bonchev–Trinajstić information content (AvgIpc) is 2.93. The fraction of sp³-hybridized carbons (Fsp3) is 0.412. The van der Waals surface area contributed by atoms with Gasteiger partial charge in [-0.25, -0.2) is 0 Å². The van der Waals surface area contributed by atoms with Gasteiger partial charge in [0.1, 0.15) is 22.8 Å². The largest absolute Gasteiger partial charge is 0.511 e. The van der Waals surface area contributed by atoms with E-state index in [2.05, 4.69) is 0 Å². The Labute approximate surface area is 249 Å². The van der Waals surface area contributed by atoms with Gasteiger partial charge in [-0.2, -0.15) is 0 Å². The number of phenolic OH excluding ortho intramolecular Hbond substituents is 1. The molecule has 1 unspecified atom stereocenters. The highest BCUT2D eigenvalue weighted by molar-refractivity contribution is 6.25. The van der Waals surface area contributed by atoms with E-state index in [9.17, 15) is 44.7 Å². The van der Waals surface area contributed by atoms with Gasteiger partial charge >= 0.3 is 0 Å². The van der Waals surface area contributed by atoms with E-state index < -0.39 is 86.1 Å². The number of hydrogen-bond acceptors (Lipinski definition) is 9. The second-order valence-corrected chi connectivity index (χ2v) is 12.9. The van der Waals surface area contributed by atoms with Crippen LogP contribution < -0.4 is 0 Å². The highest BCUT2D eigenvalue weighted by Crippen LogP contribution is 2.68. The van der Waals surface area contributed by atoms with E-state index in [4.69, 9.17) is 0 Å². The monoisotopic (exact) mass is 588 g/mol. The molecule has 2 aromatic rings. The fourth-order valence-corrected chi connectivity index (χ4v) is 8.14. The predicted molar refractivity (Wildman–Crippen MR) is 157 cm³/mol. The van der Waals surface area contributed by atoms with E-state index in [0.717, 1.165) is 6.92 Å². The van der Waals surface area contributed by atoms with Crippen LogP contribution in [0.4, 0.5) is 0 Å². The van der Waals surface area contributed by atoms with Crippen LogP contribution in [0.1, 0.15) is 80.7 Å². The number of benzene rings is 2. The van der Waals surface area contributed by atoms with E-state index in [0.29, 0.717) is 22.3 Å². The number of ketones is 4. The number of aromatic hydroxyl groups is 1. The number of aliphatic hydroxyl groups excluding tert-OH is 3. The maximum atomic E-state index is 14.3. The van der Waals surface area contributed by atoms with Crippen molar-refractivity contribution < 1.29 is 44.7 Å². The molecule has 0 fully saturated rings. The normalized spacial score (nSPS) is 32.0. The third-order valence-corrected chi connectivity index (χ3v) is 10.4. The van der Waals surface area contributed by atoms with Gasteiger partial charge in [0, 0.05) is 22.3 Å². The fourth-order valence-electron chi connectivity index (χ4n) is 8.14. The molecule has 0 spiro atoms. The Kier molecular flexibility index (Phi) is 6.68. The molecule has 43 heavy (non-hydrogen) atoms. The van der Waals surface area contributed by atoms with E-state index in [1.807, 2.05) is 0 Å². The van der Waals surface area contributed by atoms with Crippen LogP contribution in [0.25, 0.3) is 11.1 Å². The Bertz CT molecular complexity index is 1690. The van der Waals surface area contributed by atoms with Crippen LogP contribution in [0.2, 0.25) is 0 Å². The summed E-state index contributed by atoms with van der Waals surface area (Å²) in [6, 6.07) is 9.66. The number of hydrogen-bond donors (Lipinski definition) is 5. The lowest BCUT2D eigenvalue weighted by Gasteiger charge is -2.63. The summed E-state index contributed by atoms with van der Waals surface area (Å²) in [5.74, 6) is -7.66. The number of carbonyl (C=O) groups excluding carboxylic acids is 4. The molecule has 3 aliphatic carbocycles. The minimum absolute atomic E-state index is 0.126. The van der Waals surface area contributed by atoms with Crippen molar-refractivity contribution in [3.8, 4) is 16.9 Å². The minimum atomic E-state index is -2.94. The van der Waals surface area contributed by atoms with E-state index in [-0.39, 0.29) is 11.3 Å². The highest BCUT2D eigenvalue weighted by Gasteiger charge is 2.76. The standard InChI is InChI=1S/C34H36O9/c1-14(2)25-27(38)23(17(5)36)29(40)34(43)30(41)26-28(39)24-21(37)13-12-20(19-10-8-18(9-11-19)16(4)35)22(24)15(3)32(26,6)31(42)33(25,34)7/h8-15,25,31,37-38,41-43H,1-7H3/t15-,25?,31-,32+,33+,34+/m1/s1. The predicted octanol–water partition coefficient (Wildman–Crippen LogP) is 4.75. The Balaban J connectivity index is 1.87. The van der Waals surface area contributed by atoms with Gasteiger partial charge in [0.15, 0.2) is 23.0 Å². The van der Waals surface area contributed by atoms with E-state index >= 15 is 0 Å². The molecule has 226 valence electrons. The first-order valence-corrected chi connectivity index (χ1v) is 14.2. The van der Waals surface area contributed by atoms with Crippen molar-refractivity contribution in [3.63, 3.8) is 0 Å². The molecule has 3 aliphatic rings. The first-order chi connectivity index (χ1) is 19.9. The number of allylic oxidation sites excluding steroid dienone is 1. The van der Waals surface area contributed by atoms with Gasteiger partial charge in [0.25, 0.3) is 0 Å². The molecule has 0 bridgehead atoms. The molecule has 0 saturated heterocycles. The minimum Gasteiger partial charge on any atom is -0.511 e. The molecule has 0 amide bonds. The number of carbonyl (C=O) groups is 4. The van der Waals surface area contributed by atoms with Gasteiger partial charge in [-0.05, 0) is 48.4 Å². The molecular formula is C34H36O9. The van der Waals surface area contributed by atoms with Crippen molar-refractivity contribution in [1.82, 2.24) is 0 Å². The van der Waals surface area contributed by atoms with Crippen LogP contribution in [-0.2, 0) is 9.59 Å². The summed E-state index contributed by atoms with van der Waals surface area (Å²) in [5.41, 5.74) is -5.83. The molecule has 6 atom stereocenters. The number of rotatable bonds is 4. The highest BCUT2D eigenvalue weighted by atomic mass is 16.4. The van der Waals surface area contributed by atoms with Crippen molar-refractivity contribution in [2.24, 2.45) is 22.7 Å². The van der Waals surface area contributed by atoms with Crippen LogP contribution in [0.3, 0.4) is 0 Å². The summed E-state index contributed by atoms with van der Waals surface area (Å²) in [5, 5.41) is 58.8. The van der Waals surface area contributed by atoms with Gasteiger partial charge in [0.05, 0.1) is 17.2 Å². The van der Waals surface area contributed by atoms with Crippen LogP contribution in [0.5, 0.6) is 5.75 Å². The van der Waals surface area contributed by atoms with Gasteiger partial charge in [-0.1, -0.05) is 65.0 Å². The summed E-state index contributed by atoms with van der Waals surface area (Å²) in [4.78, 5) is 52.7. The SMILES string of the molecule is CC(=O)C1=C(O)C(C(C)C)[C@@]2(C)[C@H](O)[C@]3(C)C(=C(O)[C@@]2(O)C1=O)C(=O)c1c(O)ccc(-c2ccc(C(C)=O)cc2)c1[C@H]3C. The molecule has 9 nitrogen and oxygen atoms in total.